The first-order chi connectivity index (χ1) is 10.8. The Bertz CT molecular complexity index is 922. The molecule has 3 rings (SSSR count). The number of pyridine rings is 1. The van der Waals surface area contributed by atoms with Crippen LogP contribution in [0, 0.1) is 0 Å². The van der Waals surface area contributed by atoms with E-state index in [1.165, 1.54) is 23.8 Å². The number of nitrogens with zero attached hydrogens (tertiary/aromatic N) is 5. The van der Waals surface area contributed by atoms with Crippen LogP contribution in [0.2, 0.25) is 5.02 Å². The Morgan fingerprint density at radius 1 is 1.26 bits per heavy atom. The zero-order chi connectivity index (χ0) is 16.8. The molecule has 0 aliphatic carbocycles. The first kappa shape index (κ1) is 15.3. The molecule has 0 spiro atoms. The number of fused-ring (bicyclic) bond motifs is 1. The van der Waals surface area contributed by atoms with E-state index in [4.69, 9.17) is 11.6 Å². The van der Waals surface area contributed by atoms with E-state index in [2.05, 4.69) is 20.1 Å². The quantitative estimate of drug-likeness (QED) is 0.670. The molecule has 0 unspecified atom stereocenters. The van der Waals surface area contributed by atoms with E-state index < -0.39 is 11.7 Å². The van der Waals surface area contributed by atoms with Crippen LogP contribution in [0.1, 0.15) is 23.0 Å². The molecular formula is C13H7ClF3N5O. The van der Waals surface area contributed by atoms with Gasteiger partial charge in [-0.1, -0.05) is 11.6 Å². The van der Waals surface area contributed by atoms with Crippen LogP contribution in [-0.4, -0.2) is 30.3 Å². The number of hydrogen-bond donors (Lipinski definition) is 0. The molecule has 6 nitrogen and oxygen atoms in total. The molecule has 0 bridgehead atoms. The molecule has 10 heteroatoms. The van der Waals surface area contributed by atoms with E-state index in [1.807, 2.05) is 0 Å². The van der Waals surface area contributed by atoms with Crippen LogP contribution in [0.25, 0.3) is 17.2 Å². The lowest BCUT2D eigenvalue weighted by atomic mass is 10.2. The van der Waals surface area contributed by atoms with Gasteiger partial charge >= 0.3 is 6.18 Å². The van der Waals surface area contributed by atoms with Crippen LogP contribution >= 0.6 is 11.6 Å². The predicted octanol–water partition coefficient (Wildman–Crippen LogP) is 3.06. The molecule has 118 valence electrons. The Morgan fingerprint density at radius 3 is 2.61 bits per heavy atom. The SMILES string of the molecule is CC(=O)c1cc(-c2ncc(C(F)(F)F)cc2Cl)n2ncnc2n1. The normalized spacial score (nSPS) is 11.9. The maximum atomic E-state index is 12.7. The molecule has 0 aliphatic heterocycles. The number of Topliss-reactive ketones (excluding diaryl/α,β-unsaturated/α-hetero) is 1. The molecule has 0 radical (unpaired) electrons. The van der Waals surface area contributed by atoms with Gasteiger partial charge in [0.05, 0.1) is 16.3 Å². The summed E-state index contributed by atoms with van der Waals surface area (Å²) in [6.45, 7) is 1.31. The molecular weight excluding hydrogens is 335 g/mol. The second-order valence-electron chi connectivity index (χ2n) is 4.61. The second kappa shape index (κ2) is 5.27. The summed E-state index contributed by atoms with van der Waals surface area (Å²) in [5.41, 5.74) is -0.628. The van der Waals surface area contributed by atoms with Gasteiger partial charge in [-0.3, -0.25) is 9.78 Å². The first-order valence-electron chi connectivity index (χ1n) is 6.22. The Labute approximate surface area is 132 Å². The molecule has 0 saturated carbocycles. The van der Waals surface area contributed by atoms with Gasteiger partial charge in [-0.05, 0) is 12.1 Å². The highest BCUT2D eigenvalue weighted by molar-refractivity contribution is 6.33. The number of aromatic nitrogens is 5. The highest BCUT2D eigenvalue weighted by Crippen LogP contribution is 2.34. The number of ketones is 1. The van der Waals surface area contributed by atoms with Crippen LogP contribution in [-0.2, 0) is 6.18 Å². The molecule has 0 aromatic carbocycles. The van der Waals surface area contributed by atoms with Crippen LogP contribution in [0.5, 0.6) is 0 Å². The number of halogens is 4. The summed E-state index contributed by atoms with van der Waals surface area (Å²) in [6.07, 6.45) is -2.69. The van der Waals surface area contributed by atoms with Crippen molar-refractivity contribution in [3.05, 3.63) is 40.9 Å². The predicted molar refractivity (Wildman–Crippen MR) is 74.0 cm³/mol. The minimum atomic E-state index is -4.56. The van der Waals surface area contributed by atoms with Gasteiger partial charge in [-0.25, -0.2) is 4.98 Å². The third-order valence-corrected chi connectivity index (χ3v) is 3.31. The van der Waals surface area contributed by atoms with Gasteiger partial charge in [0.1, 0.15) is 17.7 Å². The monoisotopic (exact) mass is 341 g/mol. The molecule has 0 atom stereocenters. The van der Waals surface area contributed by atoms with Gasteiger partial charge in [0.15, 0.2) is 5.78 Å². The van der Waals surface area contributed by atoms with Gasteiger partial charge in [-0.2, -0.15) is 27.8 Å². The zero-order valence-corrected chi connectivity index (χ0v) is 12.2. The fourth-order valence-corrected chi connectivity index (χ4v) is 2.21. The molecule has 0 aliphatic rings. The lowest BCUT2D eigenvalue weighted by molar-refractivity contribution is -0.137. The number of carbonyl (C=O) groups is 1. The summed E-state index contributed by atoms with van der Waals surface area (Å²) in [5.74, 6) is -0.217. The highest BCUT2D eigenvalue weighted by atomic mass is 35.5. The van der Waals surface area contributed by atoms with Gasteiger partial charge in [0.2, 0.25) is 0 Å². The van der Waals surface area contributed by atoms with Crippen molar-refractivity contribution in [1.29, 1.82) is 0 Å². The van der Waals surface area contributed by atoms with Crippen molar-refractivity contribution in [3.8, 4) is 11.4 Å². The maximum Gasteiger partial charge on any atom is 0.417 e. The fraction of sp³-hybridized carbons (Fsp3) is 0.154. The molecule has 23 heavy (non-hydrogen) atoms. The topological polar surface area (TPSA) is 73.0 Å². The minimum absolute atomic E-state index is 0.0417. The van der Waals surface area contributed by atoms with Crippen molar-refractivity contribution in [2.75, 3.05) is 0 Å². The number of rotatable bonds is 2. The summed E-state index contributed by atoms with van der Waals surface area (Å²) in [6, 6.07) is 2.12. The smallest absolute Gasteiger partial charge is 0.293 e. The van der Waals surface area contributed by atoms with Crippen molar-refractivity contribution < 1.29 is 18.0 Å². The first-order valence-corrected chi connectivity index (χ1v) is 6.60. The second-order valence-corrected chi connectivity index (χ2v) is 5.01. The molecule has 3 heterocycles. The molecule has 0 saturated heterocycles. The van der Waals surface area contributed by atoms with Gasteiger partial charge in [0, 0.05) is 13.1 Å². The summed E-state index contributed by atoms with van der Waals surface area (Å²) in [4.78, 5) is 23.2. The maximum absolute atomic E-state index is 12.7. The van der Waals surface area contributed by atoms with E-state index >= 15 is 0 Å². The Morgan fingerprint density at radius 2 is 2.00 bits per heavy atom. The van der Waals surface area contributed by atoms with Crippen LogP contribution in [0.15, 0.2) is 24.7 Å². The van der Waals surface area contributed by atoms with E-state index in [0.29, 0.717) is 6.20 Å². The standard InChI is InChI=1S/C13H7ClF3N5O/c1-6(23)9-3-10(22-12(21-9)19-5-20-22)11-8(14)2-7(4-18-11)13(15,16)17/h2-5H,1H3. The van der Waals surface area contributed by atoms with Crippen molar-refractivity contribution in [2.24, 2.45) is 0 Å². The molecule has 3 aromatic rings. The number of carbonyl (C=O) groups excluding carboxylic acids is 1. The summed E-state index contributed by atoms with van der Waals surface area (Å²) < 4.78 is 39.3. The molecule has 0 fully saturated rings. The third kappa shape index (κ3) is 2.74. The van der Waals surface area contributed by atoms with Gasteiger partial charge < -0.3 is 0 Å². The van der Waals surface area contributed by atoms with Crippen LogP contribution in [0.3, 0.4) is 0 Å². The van der Waals surface area contributed by atoms with E-state index in [1.54, 1.807) is 0 Å². The number of alkyl halides is 3. The molecule has 0 amide bonds. The van der Waals surface area contributed by atoms with Crippen molar-refractivity contribution in [2.45, 2.75) is 13.1 Å². The summed E-state index contributed by atoms with van der Waals surface area (Å²) >= 11 is 5.94. The van der Waals surface area contributed by atoms with Crippen molar-refractivity contribution in [1.82, 2.24) is 24.6 Å². The Kier molecular flexibility index (Phi) is 3.52. The fourth-order valence-electron chi connectivity index (χ4n) is 1.94. The highest BCUT2D eigenvalue weighted by Gasteiger charge is 2.32. The van der Waals surface area contributed by atoms with Gasteiger partial charge in [-0.15, -0.1) is 0 Å². The molecule has 3 aromatic heterocycles. The Balaban J connectivity index is 2.24. The molecule has 0 N–H and O–H groups in total. The third-order valence-electron chi connectivity index (χ3n) is 3.02. The van der Waals surface area contributed by atoms with Gasteiger partial charge in [0.25, 0.3) is 5.78 Å². The van der Waals surface area contributed by atoms with Crippen LogP contribution in [0.4, 0.5) is 13.2 Å². The lowest BCUT2D eigenvalue weighted by Gasteiger charge is -2.10. The summed E-state index contributed by atoms with van der Waals surface area (Å²) in [5, 5.41) is 3.69. The van der Waals surface area contributed by atoms with E-state index in [0.717, 1.165) is 6.07 Å². The zero-order valence-electron chi connectivity index (χ0n) is 11.5. The average Bonchev–Trinajstić information content (AvgIpc) is 2.93. The Hall–Kier alpha value is -2.55. The summed E-state index contributed by atoms with van der Waals surface area (Å²) in [7, 11) is 0. The lowest BCUT2D eigenvalue weighted by Crippen LogP contribution is -2.08. The van der Waals surface area contributed by atoms with Crippen molar-refractivity contribution in [3.63, 3.8) is 0 Å². The van der Waals surface area contributed by atoms with Crippen LogP contribution < -0.4 is 0 Å². The van der Waals surface area contributed by atoms with Crippen molar-refractivity contribution >= 4 is 23.2 Å². The average molecular weight is 342 g/mol. The minimum Gasteiger partial charge on any atom is -0.293 e. The largest absolute Gasteiger partial charge is 0.417 e. The van der Waals surface area contributed by atoms with E-state index in [9.17, 15) is 18.0 Å². The number of hydrogen-bond acceptors (Lipinski definition) is 5. The van der Waals surface area contributed by atoms with E-state index in [-0.39, 0.29) is 33.7 Å².